The smallest absolute Gasteiger partial charge is 0.276 e. The van der Waals surface area contributed by atoms with E-state index in [0.717, 1.165) is 24.0 Å². The van der Waals surface area contributed by atoms with Crippen LogP contribution in [0.1, 0.15) is 28.9 Å². The molecule has 1 aliphatic carbocycles. The molecule has 1 amide bonds. The third-order valence-electron chi connectivity index (χ3n) is 4.30. The first-order valence-electron chi connectivity index (χ1n) is 8.28. The van der Waals surface area contributed by atoms with Crippen LogP contribution in [0, 0.1) is 5.82 Å². The van der Waals surface area contributed by atoms with E-state index in [1.54, 1.807) is 23.1 Å². The molecule has 1 fully saturated rings. The van der Waals surface area contributed by atoms with Crippen molar-refractivity contribution < 1.29 is 13.7 Å². The molecule has 1 heterocycles. The molecule has 126 valence electrons. The summed E-state index contributed by atoms with van der Waals surface area (Å²) in [5, 5.41) is 3.95. The minimum Gasteiger partial charge on any atom is -0.355 e. The predicted octanol–water partition coefficient (Wildman–Crippen LogP) is 4.29. The average Bonchev–Trinajstić information content (AvgIpc) is 3.37. The van der Waals surface area contributed by atoms with Crippen LogP contribution in [0.4, 0.5) is 4.39 Å². The Labute approximate surface area is 144 Å². The number of hydrogen-bond donors (Lipinski definition) is 0. The van der Waals surface area contributed by atoms with Crippen molar-refractivity contribution in [2.24, 2.45) is 0 Å². The van der Waals surface area contributed by atoms with Crippen molar-refractivity contribution in [2.45, 2.75) is 25.4 Å². The van der Waals surface area contributed by atoms with Gasteiger partial charge in [0.1, 0.15) is 5.82 Å². The number of hydrogen-bond acceptors (Lipinski definition) is 3. The molecule has 5 heteroatoms. The minimum absolute atomic E-state index is 0.155. The van der Waals surface area contributed by atoms with Crippen LogP contribution < -0.4 is 0 Å². The fourth-order valence-corrected chi connectivity index (χ4v) is 2.80. The van der Waals surface area contributed by atoms with E-state index in [4.69, 9.17) is 4.52 Å². The Morgan fingerprint density at radius 3 is 2.52 bits per heavy atom. The maximum absolute atomic E-state index is 13.1. The Bertz CT molecular complexity index is 870. The summed E-state index contributed by atoms with van der Waals surface area (Å²) in [7, 11) is 0. The number of rotatable bonds is 5. The molecule has 1 aromatic heterocycles. The van der Waals surface area contributed by atoms with Gasteiger partial charge >= 0.3 is 0 Å². The zero-order chi connectivity index (χ0) is 17.2. The minimum atomic E-state index is -0.281. The van der Waals surface area contributed by atoms with Crippen LogP contribution in [0.25, 0.3) is 11.3 Å². The second-order valence-corrected chi connectivity index (χ2v) is 6.23. The van der Waals surface area contributed by atoms with Crippen LogP contribution in [-0.4, -0.2) is 22.0 Å². The van der Waals surface area contributed by atoms with Crippen molar-refractivity contribution in [2.75, 3.05) is 0 Å². The average molecular weight is 336 g/mol. The van der Waals surface area contributed by atoms with Crippen molar-refractivity contribution in [1.82, 2.24) is 10.1 Å². The van der Waals surface area contributed by atoms with E-state index >= 15 is 0 Å². The predicted molar refractivity (Wildman–Crippen MR) is 91.2 cm³/mol. The molecule has 0 saturated heterocycles. The van der Waals surface area contributed by atoms with Crippen LogP contribution in [0.2, 0.25) is 0 Å². The maximum Gasteiger partial charge on any atom is 0.276 e. The second kappa shape index (κ2) is 6.51. The first-order valence-corrected chi connectivity index (χ1v) is 8.28. The van der Waals surface area contributed by atoms with Gasteiger partial charge in [-0.3, -0.25) is 4.79 Å². The van der Waals surface area contributed by atoms with E-state index in [1.165, 1.54) is 12.1 Å². The van der Waals surface area contributed by atoms with Crippen molar-refractivity contribution in [3.63, 3.8) is 0 Å². The number of nitrogens with zero attached hydrogens (tertiary/aromatic N) is 2. The van der Waals surface area contributed by atoms with Gasteiger partial charge in [-0.15, -0.1) is 0 Å². The van der Waals surface area contributed by atoms with Gasteiger partial charge in [0.15, 0.2) is 11.5 Å². The molecule has 3 aromatic rings. The molecule has 0 atom stereocenters. The topological polar surface area (TPSA) is 46.3 Å². The summed E-state index contributed by atoms with van der Waals surface area (Å²) in [5.41, 5.74) is 2.08. The van der Waals surface area contributed by atoms with E-state index in [9.17, 15) is 9.18 Å². The SMILES string of the molecule is O=C(c1cc(-c2ccccc2)on1)N(Cc1ccc(F)cc1)C1CC1. The van der Waals surface area contributed by atoms with Gasteiger partial charge in [0.25, 0.3) is 5.91 Å². The summed E-state index contributed by atoms with van der Waals surface area (Å²) in [6.07, 6.45) is 1.96. The van der Waals surface area contributed by atoms with E-state index in [2.05, 4.69) is 5.16 Å². The highest BCUT2D eigenvalue weighted by atomic mass is 19.1. The monoisotopic (exact) mass is 336 g/mol. The molecule has 1 aliphatic rings. The van der Waals surface area contributed by atoms with Gasteiger partial charge in [-0.25, -0.2) is 4.39 Å². The van der Waals surface area contributed by atoms with Gasteiger partial charge in [-0.2, -0.15) is 0 Å². The summed E-state index contributed by atoms with van der Waals surface area (Å²) >= 11 is 0. The summed E-state index contributed by atoms with van der Waals surface area (Å²) < 4.78 is 18.4. The van der Waals surface area contributed by atoms with Gasteiger partial charge < -0.3 is 9.42 Å². The Morgan fingerprint density at radius 2 is 1.84 bits per heavy atom. The molecule has 0 radical (unpaired) electrons. The fraction of sp³-hybridized carbons (Fsp3) is 0.200. The molecule has 4 nitrogen and oxygen atoms in total. The molecule has 0 unspecified atom stereocenters. The van der Waals surface area contributed by atoms with E-state index < -0.39 is 0 Å². The van der Waals surface area contributed by atoms with Gasteiger partial charge in [-0.05, 0) is 30.5 Å². The Hall–Kier alpha value is -2.95. The molecule has 2 aromatic carbocycles. The van der Waals surface area contributed by atoms with Crippen LogP contribution in [0.15, 0.2) is 65.2 Å². The van der Waals surface area contributed by atoms with E-state index in [1.807, 2.05) is 30.3 Å². The first-order chi connectivity index (χ1) is 12.2. The first kappa shape index (κ1) is 15.6. The second-order valence-electron chi connectivity index (χ2n) is 6.23. The standard InChI is InChI=1S/C20H17FN2O2/c21-16-8-6-14(7-9-16)13-23(17-10-11-17)20(24)18-12-19(25-22-18)15-4-2-1-3-5-15/h1-9,12,17H,10-11,13H2. The number of carbonyl (C=O) groups is 1. The Morgan fingerprint density at radius 1 is 1.12 bits per heavy atom. The molecular weight excluding hydrogens is 319 g/mol. The third kappa shape index (κ3) is 3.45. The third-order valence-corrected chi connectivity index (χ3v) is 4.30. The van der Waals surface area contributed by atoms with Gasteiger partial charge in [0, 0.05) is 24.2 Å². The number of amides is 1. The summed E-state index contributed by atoms with van der Waals surface area (Å²) in [5.74, 6) is 0.135. The Balaban J connectivity index is 1.55. The number of halogens is 1. The maximum atomic E-state index is 13.1. The summed E-state index contributed by atoms with van der Waals surface area (Å²) in [6.45, 7) is 0.442. The zero-order valence-electron chi connectivity index (χ0n) is 13.6. The van der Waals surface area contributed by atoms with Crippen molar-refractivity contribution in [3.8, 4) is 11.3 Å². The number of carbonyl (C=O) groups excluding carboxylic acids is 1. The lowest BCUT2D eigenvalue weighted by atomic mass is 10.1. The summed E-state index contributed by atoms with van der Waals surface area (Å²) in [4.78, 5) is 14.7. The van der Waals surface area contributed by atoms with Crippen LogP contribution >= 0.6 is 0 Å². The molecule has 0 aliphatic heterocycles. The van der Waals surface area contributed by atoms with Gasteiger partial charge in [0.2, 0.25) is 0 Å². The fourth-order valence-electron chi connectivity index (χ4n) is 2.80. The van der Waals surface area contributed by atoms with Crippen LogP contribution in [0.3, 0.4) is 0 Å². The van der Waals surface area contributed by atoms with Gasteiger partial charge in [0.05, 0.1) is 0 Å². The highest BCUT2D eigenvalue weighted by Gasteiger charge is 2.34. The largest absolute Gasteiger partial charge is 0.355 e. The summed E-state index contributed by atoms with van der Waals surface area (Å²) in [6, 6.07) is 17.7. The lowest BCUT2D eigenvalue weighted by molar-refractivity contribution is 0.0719. The van der Waals surface area contributed by atoms with Crippen molar-refractivity contribution in [3.05, 3.63) is 77.7 Å². The normalized spacial score (nSPS) is 13.6. The molecule has 4 rings (SSSR count). The molecule has 0 N–H and O–H groups in total. The molecule has 0 bridgehead atoms. The van der Waals surface area contributed by atoms with Crippen molar-refractivity contribution >= 4 is 5.91 Å². The van der Waals surface area contributed by atoms with E-state index in [-0.39, 0.29) is 17.8 Å². The van der Waals surface area contributed by atoms with E-state index in [0.29, 0.717) is 18.0 Å². The Kier molecular flexibility index (Phi) is 4.06. The van der Waals surface area contributed by atoms with Crippen LogP contribution in [-0.2, 0) is 6.54 Å². The quantitative estimate of drug-likeness (QED) is 0.698. The highest BCUT2D eigenvalue weighted by Crippen LogP contribution is 2.30. The molecule has 1 saturated carbocycles. The highest BCUT2D eigenvalue weighted by molar-refractivity contribution is 5.93. The number of aromatic nitrogens is 1. The lowest BCUT2D eigenvalue weighted by Gasteiger charge is -2.21. The lowest BCUT2D eigenvalue weighted by Crippen LogP contribution is -2.32. The van der Waals surface area contributed by atoms with Crippen LogP contribution in [0.5, 0.6) is 0 Å². The van der Waals surface area contributed by atoms with Gasteiger partial charge in [-0.1, -0.05) is 47.6 Å². The molecular formula is C20H17FN2O2. The van der Waals surface area contributed by atoms with Crippen molar-refractivity contribution in [1.29, 1.82) is 0 Å². The zero-order valence-corrected chi connectivity index (χ0v) is 13.6. The number of benzene rings is 2. The molecule has 0 spiro atoms. The molecule has 25 heavy (non-hydrogen) atoms.